The average Bonchev–Trinajstić information content (AvgIpc) is 2.09. The van der Waals surface area contributed by atoms with Crippen molar-refractivity contribution < 1.29 is 4.74 Å². The third-order valence-corrected chi connectivity index (χ3v) is 1.52. The van der Waals surface area contributed by atoms with E-state index >= 15 is 0 Å². The third kappa shape index (κ3) is 1.86. The number of hydrogen-bond donors (Lipinski definition) is 0. The molecule has 1 rings (SSSR count). The summed E-state index contributed by atoms with van der Waals surface area (Å²) in [6.07, 6.45) is 1.41. The number of nitriles is 1. The highest BCUT2D eigenvalue weighted by atomic mass is 35.5. The Labute approximate surface area is 75.6 Å². The summed E-state index contributed by atoms with van der Waals surface area (Å²) in [5, 5.41) is 8.82. The molecule has 0 unspecified atom stereocenters. The molecule has 0 amide bonds. The van der Waals surface area contributed by atoms with Crippen molar-refractivity contribution >= 4 is 11.6 Å². The number of pyridine rings is 1. The van der Waals surface area contributed by atoms with E-state index in [1.54, 1.807) is 6.07 Å². The molecule has 62 valence electrons. The molecule has 1 heterocycles. The van der Waals surface area contributed by atoms with Crippen LogP contribution in [0.2, 0.25) is 5.15 Å². The second-order valence-corrected chi connectivity index (χ2v) is 2.42. The first-order valence-corrected chi connectivity index (χ1v) is 3.84. The predicted octanol–water partition coefficient (Wildman–Crippen LogP) is 2.01. The first kappa shape index (κ1) is 8.82. The monoisotopic (exact) mass is 182 g/mol. The maximum absolute atomic E-state index is 8.53. The molecule has 0 bridgehead atoms. The second kappa shape index (κ2) is 3.93. The van der Waals surface area contributed by atoms with Crippen molar-refractivity contribution in [2.24, 2.45) is 0 Å². The molecule has 0 aliphatic carbocycles. The fourth-order valence-electron chi connectivity index (χ4n) is 0.746. The van der Waals surface area contributed by atoms with Gasteiger partial charge in [-0.05, 0) is 6.92 Å². The summed E-state index contributed by atoms with van der Waals surface area (Å²) >= 11 is 5.69. The van der Waals surface area contributed by atoms with Crippen LogP contribution in [0.4, 0.5) is 0 Å². The highest BCUT2D eigenvalue weighted by Gasteiger charge is 2.02. The van der Waals surface area contributed by atoms with Gasteiger partial charge in [0.15, 0.2) is 10.9 Å². The molecule has 0 aliphatic rings. The molecule has 0 atom stereocenters. The minimum atomic E-state index is 0.288. The maximum atomic E-state index is 8.53. The van der Waals surface area contributed by atoms with Gasteiger partial charge in [0.25, 0.3) is 0 Å². The zero-order valence-electron chi connectivity index (χ0n) is 6.54. The van der Waals surface area contributed by atoms with Crippen molar-refractivity contribution in [1.29, 1.82) is 5.26 Å². The Hall–Kier alpha value is -1.27. The molecule has 12 heavy (non-hydrogen) atoms. The van der Waals surface area contributed by atoms with Crippen molar-refractivity contribution in [2.45, 2.75) is 6.92 Å². The Morgan fingerprint density at radius 3 is 3.08 bits per heavy atom. The van der Waals surface area contributed by atoms with Crippen molar-refractivity contribution in [3.05, 3.63) is 23.0 Å². The number of ether oxygens (including phenoxy) is 1. The van der Waals surface area contributed by atoms with Crippen LogP contribution in [0.3, 0.4) is 0 Å². The Bertz CT molecular complexity index is 319. The Morgan fingerprint density at radius 1 is 1.75 bits per heavy atom. The van der Waals surface area contributed by atoms with Crippen molar-refractivity contribution in [3.63, 3.8) is 0 Å². The molecular formula is C8H7ClN2O. The first-order valence-electron chi connectivity index (χ1n) is 3.46. The van der Waals surface area contributed by atoms with Crippen LogP contribution in [0.1, 0.15) is 12.5 Å². The smallest absolute Gasteiger partial charge is 0.171 e. The quantitative estimate of drug-likeness (QED) is 0.658. The van der Waals surface area contributed by atoms with Gasteiger partial charge in [-0.25, -0.2) is 4.98 Å². The van der Waals surface area contributed by atoms with E-state index in [4.69, 9.17) is 21.6 Å². The van der Waals surface area contributed by atoms with E-state index in [9.17, 15) is 0 Å². The van der Waals surface area contributed by atoms with E-state index < -0.39 is 0 Å². The van der Waals surface area contributed by atoms with Crippen LogP contribution in [-0.2, 0) is 0 Å². The van der Waals surface area contributed by atoms with Gasteiger partial charge in [-0.1, -0.05) is 11.6 Å². The highest BCUT2D eigenvalue weighted by Crippen LogP contribution is 2.22. The lowest BCUT2D eigenvalue weighted by Crippen LogP contribution is -1.94. The number of halogens is 1. The van der Waals surface area contributed by atoms with E-state index in [0.29, 0.717) is 17.9 Å². The summed E-state index contributed by atoms with van der Waals surface area (Å²) in [5.74, 6) is 0.457. The molecule has 0 saturated carbocycles. The lowest BCUT2D eigenvalue weighted by molar-refractivity contribution is 0.339. The van der Waals surface area contributed by atoms with Crippen LogP contribution in [-0.4, -0.2) is 11.6 Å². The van der Waals surface area contributed by atoms with Crippen LogP contribution < -0.4 is 4.74 Å². The first-order chi connectivity index (χ1) is 5.77. The van der Waals surface area contributed by atoms with Crippen LogP contribution >= 0.6 is 11.6 Å². The molecule has 0 fully saturated rings. The summed E-state index contributed by atoms with van der Waals surface area (Å²) in [6.45, 7) is 2.35. The number of nitrogens with zero attached hydrogens (tertiary/aromatic N) is 2. The van der Waals surface area contributed by atoms with Crippen LogP contribution in [0.15, 0.2) is 12.3 Å². The molecule has 4 heteroatoms. The van der Waals surface area contributed by atoms with E-state index in [0.717, 1.165) is 0 Å². The zero-order chi connectivity index (χ0) is 8.97. The molecule has 1 aromatic heterocycles. The topological polar surface area (TPSA) is 45.9 Å². The van der Waals surface area contributed by atoms with Crippen LogP contribution in [0.25, 0.3) is 0 Å². The lowest BCUT2D eigenvalue weighted by Gasteiger charge is -2.03. The van der Waals surface area contributed by atoms with Crippen LogP contribution in [0.5, 0.6) is 5.75 Å². The summed E-state index contributed by atoms with van der Waals surface area (Å²) in [6, 6.07) is 3.52. The fraction of sp³-hybridized carbons (Fsp3) is 0.250. The highest BCUT2D eigenvalue weighted by molar-refractivity contribution is 6.30. The molecule has 0 radical (unpaired) electrons. The van der Waals surface area contributed by atoms with Crippen LogP contribution in [0, 0.1) is 11.3 Å². The van der Waals surface area contributed by atoms with Gasteiger partial charge >= 0.3 is 0 Å². The van der Waals surface area contributed by atoms with Crippen molar-refractivity contribution in [3.8, 4) is 11.8 Å². The van der Waals surface area contributed by atoms with Gasteiger partial charge in [0, 0.05) is 12.3 Å². The van der Waals surface area contributed by atoms with E-state index in [1.165, 1.54) is 6.20 Å². The third-order valence-electron chi connectivity index (χ3n) is 1.24. The zero-order valence-corrected chi connectivity index (χ0v) is 7.30. The number of rotatable bonds is 2. The maximum Gasteiger partial charge on any atom is 0.171 e. The Balaban J connectivity index is 3.01. The number of hydrogen-bond acceptors (Lipinski definition) is 3. The normalized spacial score (nSPS) is 9.08. The second-order valence-electron chi connectivity index (χ2n) is 2.06. The van der Waals surface area contributed by atoms with E-state index in [-0.39, 0.29) is 5.15 Å². The molecular weight excluding hydrogens is 176 g/mol. The van der Waals surface area contributed by atoms with E-state index in [2.05, 4.69) is 4.98 Å². The summed E-state index contributed by atoms with van der Waals surface area (Å²) < 4.78 is 5.13. The van der Waals surface area contributed by atoms with Crippen molar-refractivity contribution in [1.82, 2.24) is 4.98 Å². The lowest BCUT2D eigenvalue weighted by atomic mass is 10.3. The largest absolute Gasteiger partial charge is 0.491 e. The van der Waals surface area contributed by atoms with Gasteiger partial charge in [0.05, 0.1) is 12.2 Å². The minimum absolute atomic E-state index is 0.288. The Morgan fingerprint density at radius 2 is 2.50 bits per heavy atom. The molecule has 0 aromatic carbocycles. The molecule has 0 aliphatic heterocycles. The molecule has 0 N–H and O–H groups in total. The molecule has 0 saturated heterocycles. The summed E-state index contributed by atoms with van der Waals surface area (Å²) in [5.41, 5.74) is 0.447. The fourth-order valence-corrected chi connectivity index (χ4v) is 0.904. The molecule has 3 nitrogen and oxygen atoms in total. The Kier molecular flexibility index (Phi) is 2.89. The number of aromatic nitrogens is 1. The van der Waals surface area contributed by atoms with Gasteiger partial charge in [-0.3, -0.25) is 0 Å². The summed E-state index contributed by atoms with van der Waals surface area (Å²) in [7, 11) is 0. The molecule has 0 spiro atoms. The average molecular weight is 183 g/mol. The van der Waals surface area contributed by atoms with Gasteiger partial charge in [-0.2, -0.15) is 5.26 Å². The van der Waals surface area contributed by atoms with Gasteiger partial charge in [-0.15, -0.1) is 0 Å². The predicted molar refractivity (Wildman–Crippen MR) is 45.1 cm³/mol. The van der Waals surface area contributed by atoms with E-state index in [1.807, 2.05) is 13.0 Å². The van der Waals surface area contributed by atoms with Gasteiger partial charge in [0.2, 0.25) is 0 Å². The van der Waals surface area contributed by atoms with Crippen molar-refractivity contribution in [2.75, 3.05) is 6.61 Å². The minimum Gasteiger partial charge on any atom is -0.491 e. The van der Waals surface area contributed by atoms with Gasteiger partial charge < -0.3 is 4.74 Å². The standard InChI is InChI=1S/C8H7ClN2O/c1-2-12-7-3-6(4-10)5-11-8(7)9/h3,5H,2H2,1H3. The summed E-state index contributed by atoms with van der Waals surface area (Å²) in [4.78, 5) is 3.79. The van der Waals surface area contributed by atoms with Gasteiger partial charge in [0.1, 0.15) is 6.07 Å². The molecule has 1 aromatic rings. The SMILES string of the molecule is CCOc1cc(C#N)cnc1Cl.